The Labute approximate surface area is 135 Å². The number of likely N-dealkylation sites (N-methyl/N-ethyl adjacent to an activating group) is 1. The monoisotopic (exact) mass is 316 g/mol. The van der Waals surface area contributed by atoms with Crippen molar-refractivity contribution in [3.8, 4) is 5.75 Å². The molecule has 0 aliphatic heterocycles. The number of benzene rings is 2. The number of hydrogen-bond donors (Lipinski definition) is 3. The maximum Gasteiger partial charge on any atom is 0.319 e. The molecule has 23 heavy (non-hydrogen) atoms. The van der Waals surface area contributed by atoms with Gasteiger partial charge in [0.25, 0.3) is 5.91 Å². The minimum absolute atomic E-state index is 0.375. The Morgan fingerprint density at radius 3 is 2.52 bits per heavy atom. The van der Waals surface area contributed by atoms with Crippen LogP contribution < -0.4 is 20.7 Å². The topological polar surface area (TPSA) is 85.9 Å². The minimum atomic E-state index is -0.825. The molecule has 2 rings (SSSR count). The second-order valence-electron chi connectivity index (χ2n) is 5.65. The lowest BCUT2D eigenvalue weighted by Gasteiger charge is -2.20. The minimum Gasteiger partial charge on any atom is -0.497 e. The quantitative estimate of drug-likeness (QED) is 0.748. The van der Waals surface area contributed by atoms with Gasteiger partial charge in [0.2, 0.25) is 0 Å². The maximum atomic E-state index is 11.8. The summed E-state index contributed by atoms with van der Waals surface area (Å²) in [5.74, 6) is 0.449. The van der Waals surface area contributed by atoms with Crippen molar-refractivity contribution in [3.05, 3.63) is 42.0 Å². The number of amides is 3. The van der Waals surface area contributed by atoms with Crippen LogP contribution in [0.2, 0.25) is 0 Å². The number of hydrogen-bond acceptors (Lipinski definition) is 3. The molecular weight excluding hydrogens is 294 g/mol. The lowest BCUT2D eigenvalue weighted by molar-refractivity contribution is -0.908. The predicted octanol–water partition coefficient (Wildman–Crippen LogP) is 0.447. The Bertz CT molecular complexity index is 730. The average Bonchev–Trinajstić information content (AvgIpc) is 2.52. The van der Waals surface area contributed by atoms with Crippen LogP contribution in [0.25, 0.3) is 10.8 Å². The number of rotatable bonds is 5. The maximum absolute atomic E-state index is 11.8. The van der Waals surface area contributed by atoms with Crippen molar-refractivity contribution in [2.24, 2.45) is 5.73 Å². The number of methoxy groups -OCH3 is 1. The molecule has 1 unspecified atom stereocenters. The molecule has 0 fully saturated rings. The molecule has 6 nitrogen and oxygen atoms in total. The van der Waals surface area contributed by atoms with Crippen molar-refractivity contribution in [1.82, 2.24) is 5.32 Å². The van der Waals surface area contributed by atoms with E-state index < -0.39 is 6.03 Å². The van der Waals surface area contributed by atoms with Gasteiger partial charge in [0.15, 0.2) is 6.04 Å². The highest BCUT2D eigenvalue weighted by Crippen LogP contribution is 2.21. The summed E-state index contributed by atoms with van der Waals surface area (Å²) in [7, 11) is 3.55. The largest absolute Gasteiger partial charge is 0.497 e. The van der Waals surface area contributed by atoms with E-state index in [4.69, 9.17) is 10.5 Å². The summed E-state index contributed by atoms with van der Waals surface area (Å²) in [6.07, 6.45) is 0. The lowest BCUT2D eigenvalue weighted by atomic mass is 10.1. The number of carbonyl (C=O) groups excluding carboxylic acids is 2. The van der Waals surface area contributed by atoms with E-state index in [-0.39, 0.29) is 11.9 Å². The molecule has 122 valence electrons. The Hall–Kier alpha value is -2.60. The van der Waals surface area contributed by atoms with Crippen LogP contribution in [0.1, 0.15) is 12.5 Å². The van der Waals surface area contributed by atoms with Crippen LogP contribution in [0.5, 0.6) is 5.75 Å². The fraction of sp³-hybridized carbons (Fsp3) is 0.294. The van der Waals surface area contributed by atoms with Crippen molar-refractivity contribution in [2.75, 3.05) is 14.2 Å². The van der Waals surface area contributed by atoms with E-state index in [2.05, 4.69) is 11.4 Å². The number of ether oxygens (including phenoxy) is 1. The molecule has 2 aromatic carbocycles. The fourth-order valence-electron chi connectivity index (χ4n) is 2.44. The smallest absolute Gasteiger partial charge is 0.319 e. The highest BCUT2D eigenvalue weighted by atomic mass is 16.5. The molecule has 6 heteroatoms. The average molecular weight is 316 g/mol. The number of fused-ring (bicyclic) bond motifs is 1. The number of nitrogens with one attached hydrogen (secondary N) is 2. The van der Waals surface area contributed by atoms with Gasteiger partial charge in [-0.3, -0.25) is 10.1 Å². The molecule has 0 saturated heterocycles. The highest BCUT2D eigenvalue weighted by molar-refractivity contribution is 5.95. The number of carbonyl (C=O) groups is 2. The van der Waals surface area contributed by atoms with Gasteiger partial charge in [-0.1, -0.05) is 18.2 Å². The number of primary amides is 1. The van der Waals surface area contributed by atoms with Gasteiger partial charge < -0.3 is 15.4 Å². The molecule has 0 aliphatic carbocycles. The first-order valence-corrected chi connectivity index (χ1v) is 7.40. The Morgan fingerprint density at radius 2 is 1.87 bits per heavy atom. The first-order valence-electron chi connectivity index (χ1n) is 7.40. The summed E-state index contributed by atoms with van der Waals surface area (Å²) >= 11 is 0. The molecule has 0 saturated carbocycles. The fourth-order valence-corrected chi connectivity index (χ4v) is 2.44. The SMILES string of the molecule is COc1ccc2cc(C[NH+](C)[C@@H](C)C(=O)NC(N)=O)ccc2c1. The summed E-state index contributed by atoms with van der Waals surface area (Å²) in [6, 6.07) is 10.9. The normalized spacial score (nSPS) is 13.3. The Balaban J connectivity index is 2.11. The molecule has 3 amide bonds. The van der Waals surface area contributed by atoms with E-state index in [1.54, 1.807) is 14.0 Å². The third-order valence-electron chi connectivity index (χ3n) is 3.97. The zero-order chi connectivity index (χ0) is 17.0. The Kier molecular flexibility index (Phi) is 5.18. The van der Waals surface area contributed by atoms with Crippen molar-refractivity contribution >= 4 is 22.7 Å². The Morgan fingerprint density at radius 1 is 1.22 bits per heavy atom. The van der Waals surface area contributed by atoms with Crippen LogP contribution in [0.4, 0.5) is 4.79 Å². The van der Waals surface area contributed by atoms with Crippen molar-refractivity contribution < 1.29 is 19.2 Å². The van der Waals surface area contributed by atoms with Gasteiger partial charge in [0, 0.05) is 5.56 Å². The lowest BCUT2D eigenvalue weighted by Crippen LogP contribution is -3.12. The summed E-state index contributed by atoms with van der Waals surface area (Å²) in [4.78, 5) is 23.6. The van der Waals surface area contributed by atoms with Crippen LogP contribution >= 0.6 is 0 Å². The van der Waals surface area contributed by atoms with Crippen LogP contribution in [0, 0.1) is 0 Å². The highest BCUT2D eigenvalue weighted by Gasteiger charge is 2.22. The molecule has 0 heterocycles. The van der Waals surface area contributed by atoms with Gasteiger partial charge in [-0.2, -0.15) is 0 Å². The van der Waals surface area contributed by atoms with Gasteiger partial charge in [-0.25, -0.2) is 4.79 Å². The standard InChI is InChI=1S/C17H21N3O3/c1-11(16(21)19-17(18)22)20(2)10-12-4-5-14-9-15(23-3)7-6-13(14)8-12/h4-9,11H,10H2,1-3H3,(H3,18,19,21,22)/p+1/t11-/m0/s1. The molecule has 2 aromatic rings. The van der Waals surface area contributed by atoms with E-state index in [9.17, 15) is 9.59 Å². The third-order valence-corrected chi connectivity index (χ3v) is 3.97. The molecule has 4 N–H and O–H groups in total. The van der Waals surface area contributed by atoms with E-state index in [0.717, 1.165) is 27.0 Å². The van der Waals surface area contributed by atoms with E-state index in [0.29, 0.717) is 6.54 Å². The predicted molar refractivity (Wildman–Crippen MR) is 88.3 cm³/mol. The molecular formula is C17H22N3O3+. The second kappa shape index (κ2) is 7.11. The van der Waals surface area contributed by atoms with Crippen molar-refractivity contribution in [2.45, 2.75) is 19.5 Å². The zero-order valence-electron chi connectivity index (χ0n) is 13.6. The van der Waals surface area contributed by atoms with Gasteiger partial charge in [-0.15, -0.1) is 0 Å². The third kappa shape index (κ3) is 4.20. The van der Waals surface area contributed by atoms with Crippen LogP contribution in [-0.4, -0.2) is 32.1 Å². The molecule has 2 atom stereocenters. The summed E-state index contributed by atoms with van der Waals surface area (Å²) < 4.78 is 5.22. The van der Waals surface area contributed by atoms with Gasteiger partial charge in [-0.05, 0) is 35.9 Å². The number of urea groups is 1. The first kappa shape index (κ1) is 16.8. The van der Waals surface area contributed by atoms with Crippen molar-refractivity contribution in [3.63, 3.8) is 0 Å². The molecule has 0 aromatic heterocycles. The number of quaternary nitrogens is 1. The van der Waals surface area contributed by atoms with Crippen molar-refractivity contribution in [1.29, 1.82) is 0 Å². The van der Waals surface area contributed by atoms with E-state index >= 15 is 0 Å². The molecule has 0 radical (unpaired) electrons. The molecule has 0 aliphatic rings. The van der Waals surface area contributed by atoms with E-state index in [1.165, 1.54) is 0 Å². The number of nitrogens with two attached hydrogens (primary N) is 1. The van der Waals surface area contributed by atoms with Gasteiger partial charge in [0.1, 0.15) is 12.3 Å². The molecule has 0 spiro atoms. The van der Waals surface area contributed by atoms with Crippen LogP contribution in [0.15, 0.2) is 36.4 Å². The summed E-state index contributed by atoms with van der Waals surface area (Å²) in [5, 5.41) is 4.33. The van der Waals surface area contributed by atoms with Crippen LogP contribution in [-0.2, 0) is 11.3 Å². The zero-order valence-corrected chi connectivity index (χ0v) is 13.6. The molecule has 0 bridgehead atoms. The van der Waals surface area contributed by atoms with E-state index in [1.807, 2.05) is 37.4 Å². The summed E-state index contributed by atoms with van der Waals surface area (Å²) in [6.45, 7) is 2.43. The van der Waals surface area contributed by atoms with Gasteiger partial charge >= 0.3 is 6.03 Å². The van der Waals surface area contributed by atoms with Crippen LogP contribution in [0.3, 0.4) is 0 Å². The second-order valence-corrected chi connectivity index (χ2v) is 5.65. The first-order chi connectivity index (χ1) is 10.9. The number of imide groups is 1. The summed E-state index contributed by atoms with van der Waals surface area (Å²) in [5.41, 5.74) is 6.09. The van der Waals surface area contributed by atoms with Gasteiger partial charge in [0.05, 0.1) is 14.2 Å².